The number of benzene rings is 3. The smallest absolute Gasteiger partial charge is 0.251 e. The Balaban J connectivity index is 1.47. The van der Waals surface area contributed by atoms with Crippen molar-refractivity contribution in [1.82, 2.24) is 5.32 Å². The van der Waals surface area contributed by atoms with Gasteiger partial charge in [-0.2, -0.15) is 0 Å². The molecule has 3 aromatic carbocycles. The maximum Gasteiger partial charge on any atom is 0.251 e. The van der Waals surface area contributed by atoms with Gasteiger partial charge >= 0.3 is 0 Å². The summed E-state index contributed by atoms with van der Waals surface area (Å²) < 4.78 is 30.4. The number of amides is 1. The molecule has 1 aliphatic rings. The van der Waals surface area contributed by atoms with Gasteiger partial charge in [0.2, 0.25) is 0 Å². The van der Waals surface area contributed by atoms with Crippen molar-refractivity contribution in [3.63, 3.8) is 0 Å². The maximum absolute atomic E-state index is 12.8. The minimum absolute atomic E-state index is 0.0117. The van der Waals surface area contributed by atoms with Gasteiger partial charge in [0.25, 0.3) is 5.91 Å². The van der Waals surface area contributed by atoms with Gasteiger partial charge in [-0.1, -0.05) is 48.0 Å². The average molecular weight is 442 g/mol. The molecule has 3 aromatic rings. The van der Waals surface area contributed by atoms with Crippen LogP contribution in [0.4, 0.5) is 0 Å². The fourth-order valence-corrected chi connectivity index (χ4v) is 5.34. The third-order valence-electron chi connectivity index (χ3n) is 5.00. The highest BCUT2D eigenvalue weighted by atomic mass is 35.5. The predicted octanol–water partition coefficient (Wildman–Crippen LogP) is 4.57. The molecule has 0 bridgehead atoms. The number of sulfone groups is 1. The van der Waals surface area contributed by atoms with Crippen molar-refractivity contribution >= 4 is 27.3 Å². The van der Waals surface area contributed by atoms with Gasteiger partial charge < -0.3 is 10.1 Å². The van der Waals surface area contributed by atoms with Gasteiger partial charge in [-0.05, 0) is 53.9 Å². The van der Waals surface area contributed by atoms with Crippen LogP contribution in [-0.4, -0.2) is 20.1 Å². The first-order chi connectivity index (χ1) is 14.4. The Hall–Kier alpha value is -2.83. The summed E-state index contributed by atoms with van der Waals surface area (Å²) in [4.78, 5) is 13.1. The van der Waals surface area contributed by atoms with E-state index in [1.165, 1.54) is 0 Å². The van der Waals surface area contributed by atoms with Crippen LogP contribution in [0.5, 0.6) is 5.75 Å². The van der Waals surface area contributed by atoms with Gasteiger partial charge in [-0.15, -0.1) is 0 Å². The lowest BCUT2D eigenvalue weighted by Crippen LogP contribution is -2.33. The largest absolute Gasteiger partial charge is 0.489 e. The SMILES string of the molecule is O=C(NC1CCS(=O)(=O)c2ccccc21)c1cccc(OCc2cccc(Cl)c2)c1. The quantitative estimate of drug-likeness (QED) is 0.629. The minimum Gasteiger partial charge on any atom is -0.489 e. The molecule has 0 saturated heterocycles. The second kappa shape index (κ2) is 8.50. The summed E-state index contributed by atoms with van der Waals surface area (Å²) in [5, 5.41) is 3.60. The summed E-state index contributed by atoms with van der Waals surface area (Å²) in [6, 6.07) is 20.8. The summed E-state index contributed by atoms with van der Waals surface area (Å²) in [6.07, 6.45) is 0.343. The van der Waals surface area contributed by atoms with Crippen molar-refractivity contribution in [2.24, 2.45) is 0 Å². The third kappa shape index (κ3) is 4.50. The van der Waals surface area contributed by atoms with Crippen LogP contribution in [-0.2, 0) is 16.4 Å². The van der Waals surface area contributed by atoms with E-state index in [0.29, 0.717) is 39.8 Å². The molecule has 1 heterocycles. The molecule has 0 radical (unpaired) electrons. The summed E-state index contributed by atoms with van der Waals surface area (Å²) in [5.41, 5.74) is 2.01. The first-order valence-corrected chi connectivity index (χ1v) is 11.6. The number of carbonyl (C=O) groups excluding carboxylic acids is 1. The number of nitrogens with one attached hydrogen (secondary N) is 1. The monoisotopic (exact) mass is 441 g/mol. The Bertz CT molecular complexity index is 1190. The standard InChI is InChI=1S/C23H20ClNO4S/c24-18-7-3-5-16(13-18)15-29-19-8-4-6-17(14-19)23(26)25-21-11-12-30(27,28)22-10-2-1-9-20(21)22/h1-10,13-14,21H,11-12,15H2,(H,25,26). The fraction of sp³-hybridized carbons (Fsp3) is 0.174. The number of ether oxygens (including phenoxy) is 1. The van der Waals surface area contributed by atoms with E-state index in [0.717, 1.165) is 5.56 Å². The summed E-state index contributed by atoms with van der Waals surface area (Å²) in [6.45, 7) is 0.333. The lowest BCUT2D eigenvalue weighted by molar-refractivity contribution is 0.0934. The molecule has 0 spiro atoms. The molecule has 0 aliphatic carbocycles. The first kappa shape index (κ1) is 20.4. The number of rotatable bonds is 5. The van der Waals surface area contributed by atoms with Crippen molar-refractivity contribution in [1.29, 1.82) is 0 Å². The second-order valence-corrected chi connectivity index (χ2v) is 9.63. The molecule has 4 rings (SSSR count). The van der Waals surface area contributed by atoms with Crippen LogP contribution in [0, 0.1) is 0 Å². The van der Waals surface area contributed by atoms with Crippen molar-refractivity contribution in [2.75, 3.05) is 5.75 Å². The Labute approximate surface area is 180 Å². The number of carbonyl (C=O) groups is 1. The number of halogens is 1. The van der Waals surface area contributed by atoms with Gasteiger partial charge in [0.15, 0.2) is 9.84 Å². The summed E-state index contributed by atoms with van der Waals surface area (Å²) >= 11 is 5.99. The minimum atomic E-state index is -3.30. The van der Waals surface area contributed by atoms with Crippen LogP contribution in [0.15, 0.2) is 77.7 Å². The van der Waals surface area contributed by atoms with E-state index >= 15 is 0 Å². The highest BCUT2D eigenvalue weighted by molar-refractivity contribution is 7.91. The average Bonchev–Trinajstić information content (AvgIpc) is 2.75. The number of hydrogen-bond acceptors (Lipinski definition) is 4. The molecular formula is C23H20ClNO4S. The third-order valence-corrected chi connectivity index (χ3v) is 7.05. The molecule has 1 N–H and O–H groups in total. The molecule has 0 fully saturated rings. The van der Waals surface area contributed by atoms with Crippen molar-refractivity contribution in [3.8, 4) is 5.75 Å². The zero-order valence-electron chi connectivity index (χ0n) is 16.0. The predicted molar refractivity (Wildman–Crippen MR) is 116 cm³/mol. The molecule has 1 unspecified atom stereocenters. The highest BCUT2D eigenvalue weighted by Gasteiger charge is 2.30. The Kier molecular flexibility index (Phi) is 5.79. The van der Waals surface area contributed by atoms with E-state index in [-0.39, 0.29) is 17.7 Å². The molecule has 154 valence electrons. The zero-order chi connectivity index (χ0) is 21.1. The van der Waals surface area contributed by atoms with Crippen LogP contribution in [0.1, 0.15) is 33.9 Å². The molecule has 7 heteroatoms. The Morgan fingerprint density at radius 2 is 1.83 bits per heavy atom. The van der Waals surface area contributed by atoms with Crippen molar-refractivity contribution in [3.05, 3.63) is 94.5 Å². The molecule has 5 nitrogen and oxygen atoms in total. The van der Waals surface area contributed by atoms with Crippen LogP contribution >= 0.6 is 11.6 Å². The van der Waals surface area contributed by atoms with Gasteiger partial charge in [0.05, 0.1) is 16.7 Å². The summed E-state index contributed by atoms with van der Waals surface area (Å²) in [5.74, 6) is 0.300. The van der Waals surface area contributed by atoms with Gasteiger partial charge in [0, 0.05) is 10.6 Å². The molecule has 0 saturated carbocycles. The Morgan fingerprint density at radius 1 is 1.03 bits per heavy atom. The van der Waals surface area contributed by atoms with E-state index in [9.17, 15) is 13.2 Å². The molecule has 1 amide bonds. The lowest BCUT2D eigenvalue weighted by atomic mass is 10.0. The normalized spacial score (nSPS) is 17.0. The van der Waals surface area contributed by atoms with Crippen molar-refractivity contribution < 1.29 is 17.9 Å². The van der Waals surface area contributed by atoms with E-state index in [2.05, 4.69) is 5.32 Å². The highest BCUT2D eigenvalue weighted by Crippen LogP contribution is 2.32. The van der Waals surface area contributed by atoms with Gasteiger partial charge in [-0.3, -0.25) is 4.79 Å². The van der Waals surface area contributed by atoms with Crippen LogP contribution in [0.25, 0.3) is 0 Å². The number of hydrogen-bond donors (Lipinski definition) is 1. The number of fused-ring (bicyclic) bond motifs is 1. The van der Waals surface area contributed by atoms with E-state index in [1.54, 1.807) is 54.6 Å². The van der Waals surface area contributed by atoms with Crippen LogP contribution < -0.4 is 10.1 Å². The molecule has 1 aliphatic heterocycles. The second-order valence-electron chi connectivity index (χ2n) is 7.12. The fourth-order valence-electron chi connectivity index (χ4n) is 3.50. The first-order valence-electron chi connectivity index (χ1n) is 9.52. The molecule has 0 aromatic heterocycles. The molecule has 1 atom stereocenters. The lowest BCUT2D eigenvalue weighted by Gasteiger charge is -2.26. The Morgan fingerprint density at radius 3 is 2.67 bits per heavy atom. The van der Waals surface area contributed by atoms with E-state index in [4.69, 9.17) is 16.3 Å². The van der Waals surface area contributed by atoms with Crippen LogP contribution in [0.3, 0.4) is 0 Å². The van der Waals surface area contributed by atoms with Crippen molar-refractivity contribution in [2.45, 2.75) is 24.0 Å². The molecular weight excluding hydrogens is 422 g/mol. The molecule has 30 heavy (non-hydrogen) atoms. The van der Waals surface area contributed by atoms with Gasteiger partial charge in [-0.25, -0.2) is 8.42 Å². The van der Waals surface area contributed by atoms with Crippen LogP contribution in [0.2, 0.25) is 5.02 Å². The van der Waals surface area contributed by atoms with E-state index in [1.807, 2.05) is 18.2 Å². The summed E-state index contributed by atoms with van der Waals surface area (Å²) in [7, 11) is -3.30. The van der Waals surface area contributed by atoms with E-state index < -0.39 is 9.84 Å². The van der Waals surface area contributed by atoms with Gasteiger partial charge in [0.1, 0.15) is 12.4 Å². The zero-order valence-corrected chi connectivity index (χ0v) is 17.6. The topological polar surface area (TPSA) is 72.5 Å². The maximum atomic E-state index is 12.8.